The minimum atomic E-state index is -0.503. The van der Waals surface area contributed by atoms with Gasteiger partial charge in [0, 0.05) is 36.3 Å². The SMILES string of the molecule is C=C/C(=C\N=CC)c1cnc(N)c(C(=O)Nc2ccc(NC(C)=O)cc2)n1. The van der Waals surface area contributed by atoms with Crippen LogP contribution in [-0.2, 0) is 4.79 Å². The van der Waals surface area contributed by atoms with E-state index >= 15 is 0 Å². The molecule has 4 N–H and O–H groups in total. The fourth-order valence-corrected chi connectivity index (χ4v) is 2.11. The number of hydrogen-bond acceptors (Lipinski definition) is 6. The van der Waals surface area contributed by atoms with Crippen LogP contribution in [0.25, 0.3) is 5.57 Å². The number of aliphatic imine (C=N–C) groups is 1. The lowest BCUT2D eigenvalue weighted by atomic mass is 10.2. The van der Waals surface area contributed by atoms with Crippen molar-refractivity contribution in [1.82, 2.24) is 9.97 Å². The molecule has 0 saturated heterocycles. The maximum Gasteiger partial charge on any atom is 0.278 e. The smallest absolute Gasteiger partial charge is 0.278 e. The third-order valence-electron chi connectivity index (χ3n) is 3.36. The van der Waals surface area contributed by atoms with Crippen molar-refractivity contribution in [2.75, 3.05) is 16.4 Å². The van der Waals surface area contributed by atoms with E-state index in [0.717, 1.165) is 0 Å². The predicted octanol–water partition coefficient (Wildman–Crippen LogP) is 2.89. The maximum atomic E-state index is 12.5. The molecule has 0 bridgehead atoms. The Balaban J connectivity index is 2.24. The van der Waals surface area contributed by atoms with Crippen molar-refractivity contribution < 1.29 is 9.59 Å². The van der Waals surface area contributed by atoms with Crippen LogP contribution in [0, 0.1) is 0 Å². The molecule has 0 fully saturated rings. The molecule has 138 valence electrons. The summed E-state index contributed by atoms with van der Waals surface area (Å²) >= 11 is 0. The van der Waals surface area contributed by atoms with Crippen LogP contribution in [0.5, 0.6) is 0 Å². The Kier molecular flexibility index (Phi) is 6.54. The van der Waals surface area contributed by atoms with Gasteiger partial charge in [0.15, 0.2) is 11.5 Å². The van der Waals surface area contributed by atoms with Crippen LogP contribution in [0.2, 0.25) is 0 Å². The molecule has 0 aliphatic rings. The van der Waals surface area contributed by atoms with Crippen LogP contribution in [0.1, 0.15) is 30.0 Å². The summed E-state index contributed by atoms with van der Waals surface area (Å²) in [5, 5.41) is 5.35. The number of aromatic nitrogens is 2. The minimum Gasteiger partial charge on any atom is -0.382 e. The standard InChI is InChI=1S/C19H20N6O2/c1-4-13(10-21-5-2)16-11-22-18(20)17(25-16)19(27)24-15-8-6-14(7-9-15)23-12(3)26/h4-11H,1H2,2-3H3,(H2,20,22)(H,23,26)(H,24,27)/b13-10+,21-5?. The summed E-state index contributed by atoms with van der Waals surface area (Å²) in [6.07, 6.45) is 6.20. The molecule has 1 heterocycles. The van der Waals surface area contributed by atoms with Crippen molar-refractivity contribution in [2.45, 2.75) is 13.8 Å². The van der Waals surface area contributed by atoms with Crippen LogP contribution in [-0.4, -0.2) is 28.0 Å². The van der Waals surface area contributed by atoms with E-state index in [1.165, 1.54) is 13.1 Å². The topological polar surface area (TPSA) is 122 Å². The highest BCUT2D eigenvalue weighted by Crippen LogP contribution is 2.18. The summed E-state index contributed by atoms with van der Waals surface area (Å²) in [4.78, 5) is 35.9. The third-order valence-corrected chi connectivity index (χ3v) is 3.36. The monoisotopic (exact) mass is 364 g/mol. The van der Waals surface area contributed by atoms with Crippen LogP contribution in [0.3, 0.4) is 0 Å². The summed E-state index contributed by atoms with van der Waals surface area (Å²) in [6.45, 7) is 6.91. The van der Waals surface area contributed by atoms with Crippen LogP contribution in [0.15, 0.2) is 54.3 Å². The van der Waals surface area contributed by atoms with Crippen molar-refractivity contribution in [2.24, 2.45) is 4.99 Å². The Morgan fingerprint density at radius 3 is 2.37 bits per heavy atom. The average Bonchev–Trinajstić information content (AvgIpc) is 2.64. The first-order valence-electron chi connectivity index (χ1n) is 8.07. The Labute approximate surface area is 156 Å². The summed E-state index contributed by atoms with van der Waals surface area (Å²) in [5.74, 6) is -0.671. The van der Waals surface area contributed by atoms with Crippen molar-refractivity contribution in [1.29, 1.82) is 0 Å². The number of nitrogens with one attached hydrogen (secondary N) is 2. The normalized spacial score (nSPS) is 11.3. The number of allylic oxidation sites excluding steroid dienone is 2. The fourth-order valence-electron chi connectivity index (χ4n) is 2.11. The first kappa shape index (κ1) is 19.5. The molecule has 2 rings (SSSR count). The van der Waals surface area contributed by atoms with Gasteiger partial charge in [-0.2, -0.15) is 0 Å². The molecule has 2 amide bonds. The summed E-state index contributed by atoms with van der Waals surface area (Å²) < 4.78 is 0. The van der Waals surface area contributed by atoms with Gasteiger partial charge in [-0.3, -0.25) is 14.6 Å². The Hall–Kier alpha value is -3.81. The first-order chi connectivity index (χ1) is 12.9. The molecule has 2 aromatic rings. The number of carbonyl (C=O) groups is 2. The molecular weight excluding hydrogens is 344 g/mol. The molecule has 0 unspecified atom stereocenters. The lowest BCUT2D eigenvalue weighted by Crippen LogP contribution is -2.17. The van der Waals surface area contributed by atoms with Crippen molar-refractivity contribution in [3.05, 3.63) is 60.7 Å². The number of benzene rings is 1. The molecule has 0 saturated carbocycles. The van der Waals surface area contributed by atoms with E-state index in [9.17, 15) is 9.59 Å². The Morgan fingerprint density at radius 2 is 1.81 bits per heavy atom. The van der Waals surface area contributed by atoms with E-state index in [4.69, 9.17) is 5.73 Å². The zero-order valence-electron chi connectivity index (χ0n) is 15.1. The number of amides is 2. The molecule has 8 heteroatoms. The van der Waals surface area contributed by atoms with Gasteiger partial charge in [-0.25, -0.2) is 9.97 Å². The lowest BCUT2D eigenvalue weighted by Gasteiger charge is -2.09. The number of rotatable bonds is 6. The highest BCUT2D eigenvalue weighted by molar-refractivity contribution is 6.06. The van der Waals surface area contributed by atoms with Crippen molar-refractivity contribution in [3.8, 4) is 0 Å². The van der Waals surface area contributed by atoms with E-state index in [1.54, 1.807) is 49.7 Å². The highest BCUT2D eigenvalue weighted by atomic mass is 16.2. The number of hydrogen-bond donors (Lipinski definition) is 3. The van der Waals surface area contributed by atoms with E-state index in [-0.39, 0.29) is 17.4 Å². The largest absolute Gasteiger partial charge is 0.382 e. The Morgan fingerprint density at radius 1 is 1.19 bits per heavy atom. The van der Waals surface area contributed by atoms with Gasteiger partial charge >= 0.3 is 0 Å². The average molecular weight is 364 g/mol. The van der Waals surface area contributed by atoms with Gasteiger partial charge < -0.3 is 16.4 Å². The van der Waals surface area contributed by atoms with E-state index in [0.29, 0.717) is 22.6 Å². The van der Waals surface area contributed by atoms with Crippen LogP contribution in [0.4, 0.5) is 17.2 Å². The fraction of sp³-hybridized carbons (Fsp3) is 0.105. The molecule has 27 heavy (non-hydrogen) atoms. The van der Waals surface area contributed by atoms with Gasteiger partial charge in [0.05, 0.1) is 11.9 Å². The summed E-state index contributed by atoms with van der Waals surface area (Å²) in [7, 11) is 0. The maximum absolute atomic E-state index is 12.5. The number of anilines is 3. The third kappa shape index (κ3) is 5.33. The quantitative estimate of drug-likeness (QED) is 0.537. The second kappa shape index (κ2) is 9.04. The number of nitrogens with zero attached hydrogens (tertiary/aromatic N) is 3. The van der Waals surface area contributed by atoms with Crippen molar-refractivity contribution in [3.63, 3.8) is 0 Å². The van der Waals surface area contributed by atoms with Crippen LogP contribution >= 0.6 is 0 Å². The molecule has 0 aliphatic heterocycles. The van der Waals surface area contributed by atoms with Gasteiger partial charge in [-0.05, 0) is 31.2 Å². The van der Waals surface area contributed by atoms with E-state index in [2.05, 4.69) is 32.2 Å². The summed E-state index contributed by atoms with van der Waals surface area (Å²) in [5.41, 5.74) is 7.98. The number of nitrogens with two attached hydrogens (primary N) is 1. The number of nitrogen functional groups attached to an aromatic ring is 1. The van der Waals surface area contributed by atoms with Gasteiger partial charge in [0.25, 0.3) is 5.91 Å². The molecule has 1 aromatic heterocycles. The van der Waals surface area contributed by atoms with Gasteiger partial charge in [0.2, 0.25) is 5.91 Å². The second-order valence-electron chi connectivity index (χ2n) is 5.40. The number of carbonyl (C=O) groups excluding carboxylic acids is 2. The van der Waals surface area contributed by atoms with Gasteiger partial charge in [-0.1, -0.05) is 12.7 Å². The zero-order valence-corrected chi connectivity index (χ0v) is 15.1. The molecule has 8 nitrogen and oxygen atoms in total. The van der Waals surface area contributed by atoms with E-state index in [1.807, 2.05) is 0 Å². The zero-order chi connectivity index (χ0) is 19.8. The molecular formula is C19H20N6O2. The lowest BCUT2D eigenvalue weighted by molar-refractivity contribution is -0.114. The predicted molar refractivity (Wildman–Crippen MR) is 107 cm³/mol. The van der Waals surface area contributed by atoms with Gasteiger partial charge in [0.1, 0.15) is 0 Å². The second-order valence-corrected chi connectivity index (χ2v) is 5.40. The minimum absolute atomic E-state index is 0.00772. The first-order valence-corrected chi connectivity index (χ1v) is 8.07. The van der Waals surface area contributed by atoms with E-state index < -0.39 is 5.91 Å². The molecule has 0 spiro atoms. The summed E-state index contributed by atoms with van der Waals surface area (Å²) in [6, 6.07) is 6.65. The molecule has 0 aliphatic carbocycles. The van der Waals surface area contributed by atoms with Crippen LogP contribution < -0.4 is 16.4 Å². The van der Waals surface area contributed by atoms with Crippen molar-refractivity contribution >= 4 is 40.8 Å². The molecule has 0 radical (unpaired) electrons. The molecule has 0 atom stereocenters. The molecule has 1 aromatic carbocycles. The highest BCUT2D eigenvalue weighted by Gasteiger charge is 2.15. The Bertz CT molecular complexity index is 916. The van der Waals surface area contributed by atoms with Gasteiger partial charge in [-0.15, -0.1) is 0 Å².